The van der Waals surface area contributed by atoms with E-state index in [9.17, 15) is 0 Å². The summed E-state index contributed by atoms with van der Waals surface area (Å²) in [6.45, 7) is 0. The van der Waals surface area contributed by atoms with Gasteiger partial charge in [0.15, 0.2) is 11.6 Å². The van der Waals surface area contributed by atoms with Crippen molar-refractivity contribution < 1.29 is 0 Å². The summed E-state index contributed by atoms with van der Waals surface area (Å²) in [4.78, 5) is 10.8. The van der Waals surface area contributed by atoms with Crippen LogP contribution in [0.1, 0.15) is 0 Å². The smallest absolute Gasteiger partial charge is 0.169 e. The van der Waals surface area contributed by atoms with E-state index in [1.165, 1.54) is 0 Å². The first-order valence-electron chi connectivity index (χ1n) is 24.6. The Bertz CT molecular complexity index is 3970. The fraction of sp³-hybridized carbons (Fsp3) is 0. The normalized spacial score (nSPS) is 11.6. The van der Waals surface area contributed by atoms with Gasteiger partial charge in [-0.3, -0.25) is 13.7 Å². The Kier molecular flexibility index (Phi) is 10.0. The fourth-order valence-electron chi connectivity index (χ4n) is 10.7. The van der Waals surface area contributed by atoms with Gasteiger partial charge < -0.3 is 0 Å². The van der Waals surface area contributed by atoms with Crippen molar-refractivity contribution in [1.29, 1.82) is 0 Å². The van der Waals surface area contributed by atoms with Crippen molar-refractivity contribution in [3.63, 3.8) is 0 Å². The first-order valence-corrected chi connectivity index (χ1v) is 24.6. The van der Waals surface area contributed by atoms with E-state index >= 15 is 0 Å². The third-order valence-corrected chi connectivity index (χ3v) is 14.0. The van der Waals surface area contributed by atoms with Crippen LogP contribution < -0.4 is 0 Å². The number of benzene rings is 9. The molecule has 0 atom stereocenters. The van der Waals surface area contributed by atoms with Crippen LogP contribution in [0.5, 0.6) is 0 Å². The minimum atomic E-state index is 0.733. The maximum Gasteiger partial charge on any atom is 0.169 e. The van der Waals surface area contributed by atoms with Crippen molar-refractivity contribution in [1.82, 2.24) is 33.9 Å². The molecule has 0 aliphatic rings. The fourth-order valence-corrected chi connectivity index (χ4v) is 10.7. The van der Waals surface area contributed by atoms with Crippen molar-refractivity contribution in [2.75, 3.05) is 0 Å². The zero-order valence-corrected chi connectivity index (χ0v) is 39.5. The standard InChI is InChI=1S/C66H43N7/c1-6-22-44(23-7-1)48-40-55(46-26-10-3-11-27-46)67-61(42-48)72-57-36-18-16-32-51(57)63-53(34-20-38-59(63)72)65-69-70-66(71(65)50-30-14-5-15-31-50)54-35-21-39-60-64(54)52-33-17-19-37-58(52)73(60)62-43-49(45-24-8-2-9-25-45)41-56(68-62)47-28-12-4-13-29-47/h1-43H. The van der Waals surface area contributed by atoms with E-state index in [1.807, 2.05) is 12.1 Å². The molecule has 342 valence electrons. The van der Waals surface area contributed by atoms with Gasteiger partial charge in [0.2, 0.25) is 0 Å². The molecule has 0 aliphatic heterocycles. The molecule has 7 heteroatoms. The van der Waals surface area contributed by atoms with Crippen LogP contribution in [-0.2, 0) is 0 Å². The molecule has 0 unspecified atom stereocenters. The van der Waals surface area contributed by atoms with Crippen LogP contribution >= 0.6 is 0 Å². The van der Waals surface area contributed by atoms with Crippen LogP contribution in [0.2, 0.25) is 0 Å². The summed E-state index contributed by atoms with van der Waals surface area (Å²) in [5.41, 5.74) is 15.3. The van der Waals surface area contributed by atoms with Crippen molar-refractivity contribution in [2.24, 2.45) is 0 Å². The number of pyridine rings is 2. The zero-order chi connectivity index (χ0) is 48.2. The third kappa shape index (κ3) is 7.13. The van der Waals surface area contributed by atoms with E-state index in [2.05, 4.69) is 262 Å². The van der Waals surface area contributed by atoms with Crippen molar-refractivity contribution in [2.45, 2.75) is 0 Å². The lowest BCUT2D eigenvalue weighted by atomic mass is 10.0. The summed E-state index contributed by atoms with van der Waals surface area (Å²) < 4.78 is 6.83. The quantitative estimate of drug-likeness (QED) is 0.145. The zero-order valence-electron chi connectivity index (χ0n) is 39.5. The van der Waals surface area contributed by atoms with Gasteiger partial charge in [-0.2, -0.15) is 0 Å². The molecule has 73 heavy (non-hydrogen) atoms. The summed E-state index contributed by atoms with van der Waals surface area (Å²) in [6.07, 6.45) is 0. The molecule has 0 saturated heterocycles. The molecule has 0 N–H and O–H groups in total. The lowest BCUT2D eigenvalue weighted by Crippen LogP contribution is -2.02. The Balaban J connectivity index is 1.00. The highest BCUT2D eigenvalue weighted by Gasteiger charge is 2.26. The predicted octanol–water partition coefficient (Wildman–Crippen LogP) is 16.3. The van der Waals surface area contributed by atoms with E-state index in [4.69, 9.17) is 20.2 Å². The second-order valence-corrected chi connectivity index (χ2v) is 18.3. The van der Waals surface area contributed by atoms with Gasteiger partial charge in [-0.25, -0.2) is 9.97 Å². The van der Waals surface area contributed by atoms with Gasteiger partial charge in [0.25, 0.3) is 0 Å². The largest absolute Gasteiger partial charge is 0.294 e. The molecular formula is C66H43N7. The van der Waals surface area contributed by atoms with E-state index in [0.717, 1.165) is 128 Å². The highest BCUT2D eigenvalue weighted by atomic mass is 15.3. The molecule has 0 saturated carbocycles. The van der Waals surface area contributed by atoms with Crippen LogP contribution in [0.3, 0.4) is 0 Å². The molecule has 0 bridgehead atoms. The number of nitrogens with zero attached hydrogens (tertiary/aromatic N) is 7. The highest BCUT2D eigenvalue weighted by molar-refractivity contribution is 6.17. The Morgan fingerprint density at radius 2 is 0.616 bits per heavy atom. The number of rotatable bonds is 9. The van der Waals surface area contributed by atoms with Crippen LogP contribution in [0.4, 0.5) is 0 Å². The SMILES string of the molecule is c1ccc(-c2cc(-c3ccccc3)nc(-n3c4ccccc4c4c(-c5nnc(-c6cccc7c6c6ccccc6n7-c6cc(-c7ccccc7)cc(-c7ccccc7)n6)n5-c5ccccc5)cccc43)c2)cc1. The summed E-state index contributed by atoms with van der Waals surface area (Å²) in [7, 11) is 0. The summed E-state index contributed by atoms with van der Waals surface area (Å²) in [5, 5.41) is 14.7. The second kappa shape index (κ2) is 17.5. The van der Waals surface area contributed by atoms with Gasteiger partial charge in [-0.15, -0.1) is 10.2 Å². The van der Waals surface area contributed by atoms with E-state index < -0.39 is 0 Å². The molecule has 14 aromatic rings. The minimum Gasteiger partial charge on any atom is -0.294 e. The molecule has 0 amide bonds. The molecule has 14 rings (SSSR count). The van der Waals surface area contributed by atoms with E-state index in [-0.39, 0.29) is 0 Å². The molecule has 0 fully saturated rings. The molecule has 9 aromatic carbocycles. The lowest BCUT2D eigenvalue weighted by molar-refractivity contribution is 1.07. The van der Waals surface area contributed by atoms with Gasteiger partial charge in [-0.1, -0.05) is 200 Å². The average molecular weight is 934 g/mol. The van der Waals surface area contributed by atoms with Gasteiger partial charge >= 0.3 is 0 Å². The van der Waals surface area contributed by atoms with Gasteiger partial charge in [0.05, 0.1) is 33.5 Å². The van der Waals surface area contributed by atoms with Crippen LogP contribution in [0, 0.1) is 0 Å². The third-order valence-electron chi connectivity index (χ3n) is 14.0. The molecule has 0 aliphatic carbocycles. The minimum absolute atomic E-state index is 0.733. The lowest BCUT2D eigenvalue weighted by Gasteiger charge is -2.14. The summed E-state index contributed by atoms with van der Waals surface area (Å²) >= 11 is 0. The number of hydrogen-bond acceptors (Lipinski definition) is 4. The second-order valence-electron chi connectivity index (χ2n) is 18.3. The van der Waals surface area contributed by atoms with Crippen LogP contribution in [-0.4, -0.2) is 33.9 Å². The van der Waals surface area contributed by atoms with Crippen LogP contribution in [0.15, 0.2) is 261 Å². The maximum atomic E-state index is 5.42. The van der Waals surface area contributed by atoms with Gasteiger partial charge in [0.1, 0.15) is 11.6 Å². The van der Waals surface area contributed by atoms with Gasteiger partial charge in [0, 0.05) is 49.5 Å². The maximum absolute atomic E-state index is 5.42. The molecule has 0 radical (unpaired) electrons. The monoisotopic (exact) mass is 933 g/mol. The predicted molar refractivity (Wildman–Crippen MR) is 298 cm³/mol. The first-order chi connectivity index (χ1) is 36.2. The summed E-state index contributed by atoms with van der Waals surface area (Å²) in [6, 6.07) is 91.5. The van der Waals surface area contributed by atoms with Crippen molar-refractivity contribution in [3.05, 3.63) is 261 Å². The summed E-state index contributed by atoms with van der Waals surface area (Å²) in [5.74, 6) is 3.13. The molecule has 7 nitrogen and oxygen atoms in total. The van der Waals surface area contributed by atoms with E-state index in [0.29, 0.717) is 0 Å². The molecule has 5 aromatic heterocycles. The van der Waals surface area contributed by atoms with Crippen molar-refractivity contribution >= 4 is 43.6 Å². The highest BCUT2D eigenvalue weighted by Crippen LogP contribution is 2.43. The van der Waals surface area contributed by atoms with Gasteiger partial charge in [-0.05, 0) is 82.9 Å². The Morgan fingerprint density at radius 1 is 0.260 bits per heavy atom. The average Bonchev–Trinajstić information content (AvgIpc) is 4.17. The number of fused-ring (bicyclic) bond motifs is 6. The molecular weight excluding hydrogens is 891 g/mol. The topological polar surface area (TPSA) is 66.3 Å². The van der Waals surface area contributed by atoms with E-state index in [1.54, 1.807) is 0 Å². The Labute approximate surface area is 421 Å². The van der Waals surface area contributed by atoms with Crippen molar-refractivity contribution in [3.8, 4) is 84.9 Å². The number of para-hydroxylation sites is 3. The Hall–Kier alpha value is -9.98. The number of aromatic nitrogens is 7. The Morgan fingerprint density at radius 3 is 1.04 bits per heavy atom. The van der Waals surface area contributed by atoms with Crippen LogP contribution in [0.25, 0.3) is 128 Å². The molecule has 0 spiro atoms. The molecule has 5 heterocycles. The first kappa shape index (κ1) is 41.9. The number of hydrogen-bond donors (Lipinski definition) is 0.